The van der Waals surface area contributed by atoms with Gasteiger partial charge in [0.25, 0.3) is 0 Å². The van der Waals surface area contributed by atoms with Crippen LogP contribution in [0.1, 0.15) is 40.5 Å². The van der Waals surface area contributed by atoms with Crippen molar-refractivity contribution in [3.63, 3.8) is 0 Å². The van der Waals surface area contributed by atoms with Crippen molar-refractivity contribution < 1.29 is 4.74 Å². The number of rotatable bonds is 4. The van der Waals surface area contributed by atoms with E-state index in [4.69, 9.17) is 4.74 Å². The van der Waals surface area contributed by atoms with Crippen LogP contribution in [0.3, 0.4) is 0 Å². The maximum Gasteiger partial charge on any atom is 0.0463 e. The van der Waals surface area contributed by atoms with E-state index in [-0.39, 0.29) is 0 Å². The van der Waals surface area contributed by atoms with Crippen molar-refractivity contribution in [2.24, 2.45) is 0 Å². The molecule has 0 fully saturated rings. The summed E-state index contributed by atoms with van der Waals surface area (Å²) >= 11 is 0. The Balaban J connectivity index is -0.000000138. The third kappa shape index (κ3) is 42.0. The SMILES string of the molecule is C=C.CC.CCCOCCC. The van der Waals surface area contributed by atoms with Gasteiger partial charge in [0.05, 0.1) is 0 Å². The van der Waals surface area contributed by atoms with Crippen molar-refractivity contribution in [1.29, 1.82) is 0 Å². The standard InChI is InChI=1S/C6H14O.C2H6.C2H4/c1-3-5-7-6-4-2;2*1-2/h3-6H2,1-2H3;1-2H3;1-2H2. The lowest BCUT2D eigenvalue weighted by Gasteiger charge is -1.95. The normalized spacial score (nSPS) is 6.91. The molecular formula is C10H24O. The Bertz CT molecular complexity index is 31.9. The zero-order chi connectivity index (χ0) is 9.54. The molecule has 0 bridgehead atoms. The molecule has 0 saturated heterocycles. The minimum Gasteiger partial charge on any atom is -0.381 e. The topological polar surface area (TPSA) is 9.23 Å². The Labute approximate surface area is 72.5 Å². The predicted octanol–water partition coefficient (Wildman–Crippen LogP) is 3.65. The summed E-state index contributed by atoms with van der Waals surface area (Å²) in [7, 11) is 0. The first-order valence-electron chi connectivity index (χ1n) is 4.49. The van der Waals surface area contributed by atoms with Gasteiger partial charge in [0.15, 0.2) is 0 Å². The summed E-state index contributed by atoms with van der Waals surface area (Å²) in [6.07, 6.45) is 2.28. The smallest absolute Gasteiger partial charge is 0.0463 e. The van der Waals surface area contributed by atoms with E-state index in [0.29, 0.717) is 0 Å². The van der Waals surface area contributed by atoms with E-state index < -0.39 is 0 Å². The Morgan fingerprint density at radius 2 is 1.18 bits per heavy atom. The molecule has 0 aromatic heterocycles. The van der Waals surface area contributed by atoms with E-state index in [0.717, 1.165) is 26.1 Å². The largest absolute Gasteiger partial charge is 0.381 e. The van der Waals surface area contributed by atoms with Crippen LogP contribution in [0.25, 0.3) is 0 Å². The van der Waals surface area contributed by atoms with Gasteiger partial charge < -0.3 is 4.74 Å². The van der Waals surface area contributed by atoms with E-state index in [1.54, 1.807) is 0 Å². The van der Waals surface area contributed by atoms with Crippen LogP contribution in [-0.4, -0.2) is 13.2 Å². The Morgan fingerprint density at radius 1 is 0.909 bits per heavy atom. The maximum absolute atomic E-state index is 5.13. The molecule has 0 aromatic rings. The quantitative estimate of drug-likeness (QED) is 0.450. The van der Waals surface area contributed by atoms with Gasteiger partial charge in [0.2, 0.25) is 0 Å². The van der Waals surface area contributed by atoms with Crippen LogP contribution in [0, 0.1) is 0 Å². The van der Waals surface area contributed by atoms with Gasteiger partial charge in [-0.25, -0.2) is 0 Å². The van der Waals surface area contributed by atoms with E-state index in [1.807, 2.05) is 13.8 Å². The molecule has 0 aliphatic heterocycles. The van der Waals surface area contributed by atoms with Crippen LogP contribution in [-0.2, 0) is 4.74 Å². The van der Waals surface area contributed by atoms with Gasteiger partial charge in [0, 0.05) is 13.2 Å². The molecule has 0 spiro atoms. The second kappa shape index (κ2) is 33.2. The Morgan fingerprint density at radius 3 is 1.36 bits per heavy atom. The average molecular weight is 160 g/mol. The number of hydrogen-bond donors (Lipinski definition) is 0. The second-order valence-electron chi connectivity index (χ2n) is 1.61. The maximum atomic E-state index is 5.13. The van der Waals surface area contributed by atoms with Crippen molar-refractivity contribution in [1.82, 2.24) is 0 Å². The first kappa shape index (κ1) is 17.0. The van der Waals surface area contributed by atoms with Crippen molar-refractivity contribution >= 4 is 0 Å². The van der Waals surface area contributed by atoms with Gasteiger partial charge in [-0.05, 0) is 12.8 Å². The van der Waals surface area contributed by atoms with Crippen LogP contribution >= 0.6 is 0 Å². The summed E-state index contributed by atoms with van der Waals surface area (Å²) in [4.78, 5) is 0. The van der Waals surface area contributed by atoms with Gasteiger partial charge in [-0.3, -0.25) is 0 Å². The molecule has 0 aromatic carbocycles. The fourth-order valence-electron chi connectivity index (χ4n) is 0.391. The molecule has 0 saturated carbocycles. The second-order valence-corrected chi connectivity index (χ2v) is 1.61. The number of hydrogen-bond acceptors (Lipinski definition) is 1. The van der Waals surface area contributed by atoms with Crippen molar-refractivity contribution in [2.45, 2.75) is 40.5 Å². The zero-order valence-electron chi connectivity index (χ0n) is 8.65. The summed E-state index contributed by atoms with van der Waals surface area (Å²) in [6.45, 7) is 16.1. The van der Waals surface area contributed by atoms with Gasteiger partial charge >= 0.3 is 0 Å². The summed E-state index contributed by atoms with van der Waals surface area (Å²) in [5.41, 5.74) is 0. The highest BCUT2D eigenvalue weighted by Gasteiger charge is 1.77. The molecule has 0 radical (unpaired) electrons. The molecule has 0 heterocycles. The molecule has 0 unspecified atom stereocenters. The molecule has 0 atom stereocenters. The lowest BCUT2D eigenvalue weighted by atomic mass is 10.5. The van der Waals surface area contributed by atoms with E-state index >= 15 is 0 Å². The van der Waals surface area contributed by atoms with Crippen molar-refractivity contribution in [3.8, 4) is 0 Å². The first-order chi connectivity index (χ1) is 5.41. The molecular weight excluding hydrogens is 136 g/mol. The van der Waals surface area contributed by atoms with Gasteiger partial charge in [-0.15, -0.1) is 13.2 Å². The minimum absolute atomic E-state index is 0.924. The van der Waals surface area contributed by atoms with Crippen LogP contribution in [0.15, 0.2) is 13.2 Å². The average Bonchev–Trinajstić information content (AvgIpc) is 2.13. The summed E-state index contributed by atoms with van der Waals surface area (Å²) < 4.78 is 5.13. The molecule has 0 rings (SSSR count). The van der Waals surface area contributed by atoms with Crippen molar-refractivity contribution in [2.75, 3.05) is 13.2 Å². The fraction of sp³-hybridized carbons (Fsp3) is 0.800. The summed E-state index contributed by atoms with van der Waals surface area (Å²) in [5, 5.41) is 0. The monoisotopic (exact) mass is 160 g/mol. The minimum atomic E-state index is 0.924. The lowest BCUT2D eigenvalue weighted by Crippen LogP contribution is -1.92. The van der Waals surface area contributed by atoms with Gasteiger partial charge in [0.1, 0.15) is 0 Å². The summed E-state index contributed by atoms with van der Waals surface area (Å²) in [6, 6.07) is 0. The molecule has 0 aliphatic carbocycles. The van der Waals surface area contributed by atoms with Crippen LogP contribution < -0.4 is 0 Å². The van der Waals surface area contributed by atoms with E-state index in [9.17, 15) is 0 Å². The predicted molar refractivity (Wildman–Crippen MR) is 54.0 cm³/mol. The van der Waals surface area contributed by atoms with Gasteiger partial charge in [-0.1, -0.05) is 27.7 Å². The van der Waals surface area contributed by atoms with E-state index in [1.165, 1.54) is 0 Å². The molecule has 0 amide bonds. The van der Waals surface area contributed by atoms with Crippen molar-refractivity contribution in [3.05, 3.63) is 13.2 Å². The molecule has 1 nitrogen and oxygen atoms in total. The molecule has 1 heteroatoms. The lowest BCUT2D eigenvalue weighted by molar-refractivity contribution is 0.135. The first-order valence-corrected chi connectivity index (χ1v) is 4.49. The fourth-order valence-corrected chi connectivity index (χ4v) is 0.391. The highest BCUT2D eigenvalue weighted by atomic mass is 16.5. The highest BCUT2D eigenvalue weighted by Crippen LogP contribution is 1.81. The van der Waals surface area contributed by atoms with E-state index in [2.05, 4.69) is 27.0 Å². The van der Waals surface area contributed by atoms with Crippen LogP contribution in [0.2, 0.25) is 0 Å². The van der Waals surface area contributed by atoms with Crippen LogP contribution in [0.4, 0.5) is 0 Å². The zero-order valence-corrected chi connectivity index (χ0v) is 8.65. The van der Waals surface area contributed by atoms with Gasteiger partial charge in [-0.2, -0.15) is 0 Å². The Kier molecular flexibility index (Phi) is 51.3. The molecule has 0 aliphatic rings. The third-order valence-corrected chi connectivity index (χ3v) is 0.697. The highest BCUT2D eigenvalue weighted by molar-refractivity contribution is 4.25. The number of ether oxygens (including phenoxy) is 1. The van der Waals surface area contributed by atoms with Crippen LogP contribution in [0.5, 0.6) is 0 Å². The molecule has 11 heavy (non-hydrogen) atoms. The molecule has 70 valence electrons. The molecule has 0 N–H and O–H groups in total. The summed E-state index contributed by atoms with van der Waals surface area (Å²) in [5.74, 6) is 0. The third-order valence-electron chi connectivity index (χ3n) is 0.697. The Hall–Kier alpha value is -0.300.